The van der Waals surface area contributed by atoms with Gasteiger partial charge in [-0.05, 0) is 0 Å². The molecule has 0 aliphatic carbocycles. The molecule has 0 spiro atoms. The minimum absolute atomic E-state index is 0.0889. The zero-order chi connectivity index (χ0) is 18.9. The molecular weight excluding hydrogens is 401 g/mol. The number of rotatable bonds is 9. The molecule has 0 aromatic heterocycles. The number of methoxy groups -OCH3 is 1. The second-order valence-corrected chi connectivity index (χ2v) is 8.16. The number of nitrogens with zero attached hydrogens (tertiary/aromatic N) is 1. The number of hydrogen-bond donors (Lipinski definition) is 0. The van der Waals surface area contributed by atoms with E-state index in [1.165, 1.54) is 0 Å². The van der Waals surface area contributed by atoms with Crippen molar-refractivity contribution >= 4 is 25.4 Å². The first-order chi connectivity index (χ1) is 12.5. The number of hydrogen-bond acceptors (Lipinski definition) is 5. The second kappa shape index (κ2) is 9.94. The molecule has 26 heavy (non-hydrogen) atoms. The van der Waals surface area contributed by atoms with Gasteiger partial charge in [0.25, 0.3) is 0 Å². The quantitative estimate of drug-likeness (QED) is 0.268. The maximum atomic E-state index is 12.0. The summed E-state index contributed by atoms with van der Waals surface area (Å²) in [6, 6.07) is 15.9. The third kappa shape index (κ3) is 5.58. The van der Waals surface area contributed by atoms with Gasteiger partial charge in [0.2, 0.25) is 0 Å². The zero-order valence-electron chi connectivity index (χ0n) is 14.7. The van der Waals surface area contributed by atoms with E-state index in [0.717, 1.165) is 15.8 Å². The Morgan fingerprint density at radius 1 is 1.15 bits per heavy atom. The molecule has 2 aromatic rings. The Balaban J connectivity index is 2.25. The topological polar surface area (TPSA) is 78.7 Å². The van der Waals surface area contributed by atoms with E-state index in [4.69, 9.17) is 9.47 Å². The summed E-state index contributed by atoms with van der Waals surface area (Å²) in [7, 11) is 1.61. The van der Waals surface area contributed by atoms with Crippen molar-refractivity contribution in [3.8, 4) is 5.75 Å². The SMILES string of the molecule is CCOC(=O)C(CC([Se]c1ccc(OC)cc1)c1ccccc1)[N+](=O)[O-]. The van der Waals surface area contributed by atoms with Crippen molar-refractivity contribution in [2.75, 3.05) is 13.7 Å². The first kappa shape index (κ1) is 19.9. The number of nitro groups is 1. The van der Waals surface area contributed by atoms with Gasteiger partial charge in [0.05, 0.1) is 0 Å². The van der Waals surface area contributed by atoms with Gasteiger partial charge in [-0.25, -0.2) is 0 Å². The van der Waals surface area contributed by atoms with E-state index in [1.54, 1.807) is 14.0 Å². The molecule has 0 saturated heterocycles. The molecule has 0 radical (unpaired) electrons. The van der Waals surface area contributed by atoms with Crippen molar-refractivity contribution in [3.05, 3.63) is 70.3 Å². The Hall–Kier alpha value is -2.37. The minimum atomic E-state index is -1.36. The predicted molar refractivity (Wildman–Crippen MR) is 99.6 cm³/mol. The summed E-state index contributed by atoms with van der Waals surface area (Å²) in [5.74, 6) is -0.0144. The molecule has 6 nitrogen and oxygen atoms in total. The van der Waals surface area contributed by atoms with E-state index in [-0.39, 0.29) is 32.8 Å². The molecule has 0 amide bonds. The van der Waals surface area contributed by atoms with Crippen LogP contribution in [-0.4, -0.2) is 45.6 Å². The fourth-order valence-electron chi connectivity index (χ4n) is 2.45. The summed E-state index contributed by atoms with van der Waals surface area (Å²) in [5, 5.41) is 11.4. The molecule has 2 rings (SSSR count). The fourth-order valence-corrected chi connectivity index (χ4v) is 4.95. The summed E-state index contributed by atoms with van der Waals surface area (Å²) in [4.78, 5) is 22.8. The van der Waals surface area contributed by atoms with Gasteiger partial charge in [0.1, 0.15) is 0 Å². The van der Waals surface area contributed by atoms with Crippen LogP contribution in [-0.2, 0) is 9.53 Å². The van der Waals surface area contributed by atoms with Crippen LogP contribution in [0.3, 0.4) is 0 Å². The van der Waals surface area contributed by atoms with Gasteiger partial charge < -0.3 is 0 Å². The Morgan fingerprint density at radius 3 is 2.35 bits per heavy atom. The van der Waals surface area contributed by atoms with Crippen molar-refractivity contribution < 1.29 is 19.2 Å². The Labute approximate surface area is 158 Å². The number of ether oxygens (including phenoxy) is 2. The van der Waals surface area contributed by atoms with Crippen molar-refractivity contribution in [2.24, 2.45) is 0 Å². The molecule has 138 valence electrons. The fraction of sp³-hybridized carbons (Fsp3) is 0.316. The molecular formula is C19H21NO5Se. The third-order valence-corrected chi connectivity index (χ3v) is 6.47. The van der Waals surface area contributed by atoms with Crippen LogP contribution in [0.25, 0.3) is 0 Å². The van der Waals surface area contributed by atoms with Crippen LogP contribution >= 0.6 is 0 Å². The Bertz CT molecular complexity index is 720. The van der Waals surface area contributed by atoms with E-state index < -0.39 is 16.9 Å². The summed E-state index contributed by atoms with van der Waals surface area (Å²) in [6.07, 6.45) is 0.113. The average molecular weight is 422 g/mol. The van der Waals surface area contributed by atoms with Gasteiger partial charge >= 0.3 is 159 Å². The van der Waals surface area contributed by atoms with E-state index in [9.17, 15) is 14.9 Å². The molecule has 2 unspecified atom stereocenters. The summed E-state index contributed by atoms with van der Waals surface area (Å²) >= 11 is -0.0889. The molecule has 2 aromatic carbocycles. The van der Waals surface area contributed by atoms with Gasteiger partial charge in [-0.1, -0.05) is 0 Å². The first-order valence-corrected chi connectivity index (χ1v) is 10.1. The van der Waals surface area contributed by atoms with E-state index >= 15 is 0 Å². The third-order valence-electron chi connectivity index (χ3n) is 3.76. The van der Waals surface area contributed by atoms with Crippen LogP contribution in [0.4, 0.5) is 0 Å². The summed E-state index contributed by atoms with van der Waals surface area (Å²) in [5.41, 5.74) is 0.986. The monoisotopic (exact) mass is 423 g/mol. The van der Waals surface area contributed by atoms with Crippen molar-refractivity contribution in [2.45, 2.75) is 24.2 Å². The van der Waals surface area contributed by atoms with E-state index in [1.807, 2.05) is 54.6 Å². The van der Waals surface area contributed by atoms with E-state index in [0.29, 0.717) is 0 Å². The molecule has 0 saturated carbocycles. The van der Waals surface area contributed by atoms with Gasteiger partial charge in [-0.15, -0.1) is 0 Å². The van der Waals surface area contributed by atoms with Crippen LogP contribution in [0.2, 0.25) is 0 Å². The number of carbonyl (C=O) groups excluding carboxylic acids is 1. The summed E-state index contributed by atoms with van der Waals surface area (Å²) < 4.78 is 11.1. The first-order valence-electron chi connectivity index (χ1n) is 8.21. The molecule has 7 heteroatoms. The molecule has 0 bridgehead atoms. The second-order valence-electron chi connectivity index (χ2n) is 5.48. The Kier molecular flexibility index (Phi) is 7.63. The van der Waals surface area contributed by atoms with Crippen molar-refractivity contribution in [3.63, 3.8) is 0 Å². The van der Waals surface area contributed by atoms with Crippen LogP contribution in [0.1, 0.15) is 23.7 Å². The summed E-state index contributed by atoms with van der Waals surface area (Å²) in [6.45, 7) is 1.77. The van der Waals surface area contributed by atoms with Gasteiger partial charge in [-0.3, -0.25) is 0 Å². The van der Waals surface area contributed by atoms with Gasteiger partial charge in [-0.2, -0.15) is 0 Å². The molecule has 0 heterocycles. The van der Waals surface area contributed by atoms with Crippen LogP contribution in [0, 0.1) is 10.1 Å². The van der Waals surface area contributed by atoms with Gasteiger partial charge in [0.15, 0.2) is 0 Å². The van der Waals surface area contributed by atoms with Crippen LogP contribution in [0.5, 0.6) is 5.75 Å². The predicted octanol–water partition coefficient (Wildman–Crippen LogP) is 2.36. The molecule has 0 aliphatic rings. The molecule has 0 fully saturated rings. The number of carbonyl (C=O) groups is 1. The zero-order valence-corrected chi connectivity index (χ0v) is 16.4. The molecule has 2 atom stereocenters. The normalized spacial score (nSPS) is 12.8. The number of benzene rings is 2. The van der Waals surface area contributed by atoms with E-state index in [2.05, 4.69) is 0 Å². The Morgan fingerprint density at radius 2 is 1.81 bits per heavy atom. The van der Waals surface area contributed by atoms with Crippen molar-refractivity contribution in [1.82, 2.24) is 0 Å². The molecule has 0 aliphatic heterocycles. The average Bonchev–Trinajstić information content (AvgIpc) is 2.66. The molecule has 0 N–H and O–H groups in total. The number of esters is 1. The van der Waals surface area contributed by atoms with Crippen LogP contribution in [0.15, 0.2) is 54.6 Å². The van der Waals surface area contributed by atoms with Crippen molar-refractivity contribution in [1.29, 1.82) is 0 Å². The van der Waals surface area contributed by atoms with Gasteiger partial charge in [0, 0.05) is 0 Å². The standard InChI is InChI=1S/C19H21NO5Se/c1-3-25-19(21)17(20(22)23)13-18(14-7-5-4-6-8-14)26-16-11-9-15(24-2)10-12-16/h4-12,17-18H,3,13H2,1-2H3. The van der Waals surface area contributed by atoms with Crippen LogP contribution < -0.4 is 9.20 Å². The maximum absolute atomic E-state index is 12.0.